The van der Waals surface area contributed by atoms with Gasteiger partial charge in [-0.15, -0.1) is 0 Å². The molecule has 2 aromatic rings. The van der Waals surface area contributed by atoms with Crippen molar-refractivity contribution in [3.63, 3.8) is 0 Å². The highest BCUT2D eigenvalue weighted by molar-refractivity contribution is 6.30. The van der Waals surface area contributed by atoms with Crippen LogP contribution in [0.25, 0.3) is 0 Å². The Balaban J connectivity index is 2.18. The summed E-state index contributed by atoms with van der Waals surface area (Å²) >= 11 is 5.89. The van der Waals surface area contributed by atoms with Crippen molar-refractivity contribution in [1.82, 2.24) is 4.98 Å². The van der Waals surface area contributed by atoms with E-state index < -0.39 is 5.41 Å². The molecule has 1 aromatic carbocycles. The Kier molecular flexibility index (Phi) is 2.61. The largest absolute Gasteiger partial charge is 0.273 e. The third kappa shape index (κ3) is 1.73. The fraction of sp³-hybridized carbons (Fsp3) is 0.200. The summed E-state index contributed by atoms with van der Waals surface area (Å²) in [7, 11) is 0. The topological polar surface area (TPSA) is 33.2 Å². The van der Waals surface area contributed by atoms with Crippen LogP contribution in [0.2, 0.25) is 5.02 Å². The number of carbonyl (C=O) groups is 1. The van der Waals surface area contributed by atoms with Crippen molar-refractivity contribution in [1.29, 1.82) is 0 Å². The van der Waals surface area contributed by atoms with Crippen LogP contribution >= 0.6 is 11.6 Å². The maximum atomic E-state index is 12.6. The van der Waals surface area contributed by atoms with E-state index in [-0.39, 0.29) is 5.91 Å². The number of amides is 1. The van der Waals surface area contributed by atoms with Crippen molar-refractivity contribution >= 4 is 29.0 Å². The molecule has 0 saturated heterocycles. The molecule has 1 aromatic heterocycles. The number of pyridine rings is 1. The lowest BCUT2D eigenvalue weighted by Gasteiger charge is -2.19. The summed E-state index contributed by atoms with van der Waals surface area (Å²) in [6.45, 7) is 3.84. The van der Waals surface area contributed by atoms with Crippen molar-refractivity contribution < 1.29 is 4.79 Å². The molecule has 1 aliphatic heterocycles. The van der Waals surface area contributed by atoms with E-state index in [1.54, 1.807) is 23.2 Å². The van der Waals surface area contributed by atoms with Gasteiger partial charge in [-0.1, -0.05) is 17.7 Å². The number of benzene rings is 1. The predicted molar refractivity (Wildman–Crippen MR) is 75.9 cm³/mol. The highest BCUT2D eigenvalue weighted by Crippen LogP contribution is 2.43. The Labute approximate surface area is 116 Å². The summed E-state index contributed by atoms with van der Waals surface area (Å²) < 4.78 is 0. The van der Waals surface area contributed by atoms with Gasteiger partial charge in [-0.3, -0.25) is 9.69 Å². The molecule has 0 aliphatic carbocycles. The SMILES string of the molecule is CC1(C)C(=O)N(c2ccc(Cl)cc2)c2ncccc21. The molecule has 96 valence electrons. The van der Waals surface area contributed by atoms with Crippen molar-refractivity contribution in [3.05, 3.63) is 53.2 Å². The first-order valence-electron chi connectivity index (χ1n) is 6.07. The molecule has 3 rings (SSSR count). The number of aromatic nitrogens is 1. The Hall–Kier alpha value is -1.87. The van der Waals surface area contributed by atoms with E-state index in [1.165, 1.54) is 0 Å². The minimum Gasteiger partial charge on any atom is -0.273 e. The number of anilines is 2. The molecule has 2 heterocycles. The summed E-state index contributed by atoms with van der Waals surface area (Å²) in [5.74, 6) is 0.739. The molecule has 0 spiro atoms. The van der Waals surface area contributed by atoms with Crippen molar-refractivity contribution in [3.8, 4) is 0 Å². The third-order valence-electron chi connectivity index (χ3n) is 3.49. The van der Waals surface area contributed by atoms with Crippen LogP contribution in [0.3, 0.4) is 0 Å². The van der Waals surface area contributed by atoms with Crippen LogP contribution in [0.4, 0.5) is 11.5 Å². The highest BCUT2D eigenvalue weighted by atomic mass is 35.5. The number of halogens is 1. The van der Waals surface area contributed by atoms with E-state index in [9.17, 15) is 4.79 Å². The van der Waals surface area contributed by atoms with Gasteiger partial charge in [0.05, 0.1) is 11.1 Å². The summed E-state index contributed by atoms with van der Waals surface area (Å²) in [5, 5.41) is 0.649. The van der Waals surface area contributed by atoms with Crippen LogP contribution in [0.5, 0.6) is 0 Å². The molecule has 4 heteroatoms. The lowest BCUT2D eigenvalue weighted by molar-refractivity contribution is -0.121. The van der Waals surface area contributed by atoms with Crippen LogP contribution < -0.4 is 4.90 Å². The second-order valence-electron chi connectivity index (χ2n) is 5.12. The number of carbonyl (C=O) groups excluding carboxylic acids is 1. The molecular weight excluding hydrogens is 260 g/mol. The van der Waals surface area contributed by atoms with Gasteiger partial charge in [-0.2, -0.15) is 0 Å². The standard InChI is InChI=1S/C15H13ClN2O/c1-15(2)12-4-3-9-17-13(12)18(14(15)19)11-7-5-10(16)6-8-11/h3-9H,1-2H3. The summed E-state index contributed by atoms with van der Waals surface area (Å²) in [4.78, 5) is 18.6. The van der Waals surface area contributed by atoms with E-state index in [0.29, 0.717) is 10.8 Å². The molecule has 0 N–H and O–H groups in total. The fourth-order valence-corrected chi connectivity index (χ4v) is 2.51. The van der Waals surface area contributed by atoms with Crippen LogP contribution in [-0.2, 0) is 10.2 Å². The minimum absolute atomic E-state index is 0.0310. The number of hydrogen-bond donors (Lipinski definition) is 0. The first-order valence-corrected chi connectivity index (χ1v) is 6.45. The molecule has 0 saturated carbocycles. The minimum atomic E-state index is -0.552. The Morgan fingerprint density at radius 3 is 2.53 bits per heavy atom. The van der Waals surface area contributed by atoms with Gasteiger partial charge >= 0.3 is 0 Å². The maximum absolute atomic E-state index is 12.6. The molecule has 1 amide bonds. The second kappa shape index (κ2) is 4.07. The van der Waals surface area contributed by atoms with E-state index >= 15 is 0 Å². The van der Waals surface area contributed by atoms with Crippen LogP contribution in [0, 0.1) is 0 Å². The van der Waals surface area contributed by atoms with E-state index in [1.807, 2.05) is 38.1 Å². The van der Waals surface area contributed by atoms with E-state index in [4.69, 9.17) is 11.6 Å². The molecule has 0 atom stereocenters. The first-order chi connectivity index (χ1) is 9.01. The summed E-state index contributed by atoms with van der Waals surface area (Å²) in [5.41, 5.74) is 1.19. The smallest absolute Gasteiger partial charge is 0.242 e. The molecule has 0 bridgehead atoms. The van der Waals surface area contributed by atoms with Gasteiger partial charge in [0.2, 0.25) is 5.91 Å². The van der Waals surface area contributed by atoms with E-state index in [2.05, 4.69) is 4.98 Å². The molecular formula is C15H13ClN2O. The first kappa shape index (κ1) is 12.2. The van der Waals surface area contributed by atoms with Gasteiger partial charge in [-0.05, 0) is 44.2 Å². The zero-order valence-corrected chi connectivity index (χ0v) is 11.5. The average Bonchev–Trinajstić information content (AvgIpc) is 2.60. The zero-order chi connectivity index (χ0) is 13.6. The van der Waals surface area contributed by atoms with Gasteiger partial charge in [0.1, 0.15) is 5.82 Å². The third-order valence-corrected chi connectivity index (χ3v) is 3.75. The molecule has 0 radical (unpaired) electrons. The van der Waals surface area contributed by atoms with Crippen molar-refractivity contribution in [2.75, 3.05) is 4.90 Å². The number of rotatable bonds is 1. The summed E-state index contributed by atoms with van der Waals surface area (Å²) in [6.07, 6.45) is 1.70. The van der Waals surface area contributed by atoms with Crippen molar-refractivity contribution in [2.24, 2.45) is 0 Å². The second-order valence-corrected chi connectivity index (χ2v) is 5.55. The van der Waals surface area contributed by atoms with Crippen LogP contribution in [0.15, 0.2) is 42.6 Å². The highest BCUT2D eigenvalue weighted by Gasteiger charge is 2.45. The summed E-state index contributed by atoms with van der Waals surface area (Å²) in [6, 6.07) is 11.0. The number of hydrogen-bond acceptors (Lipinski definition) is 2. The normalized spacial score (nSPS) is 16.6. The number of fused-ring (bicyclic) bond motifs is 1. The molecule has 0 fully saturated rings. The lowest BCUT2D eigenvalue weighted by Crippen LogP contribution is -2.33. The molecule has 1 aliphatic rings. The molecule has 3 nitrogen and oxygen atoms in total. The van der Waals surface area contributed by atoms with Gasteiger partial charge in [0.25, 0.3) is 0 Å². The monoisotopic (exact) mass is 272 g/mol. The quantitative estimate of drug-likeness (QED) is 0.793. The molecule has 19 heavy (non-hydrogen) atoms. The van der Waals surface area contributed by atoms with Crippen LogP contribution in [-0.4, -0.2) is 10.9 Å². The van der Waals surface area contributed by atoms with Gasteiger partial charge in [0.15, 0.2) is 0 Å². The van der Waals surface area contributed by atoms with Crippen LogP contribution in [0.1, 0.15) is 19.4 Å². The van der Waals surface area contributed by atoms with E-state index in [0.717, 1.165) is 11.3 Å². The number of nitrogens with zero attached hydrogens (tertiary/aromatic N) is 2. The average molecular weight is 273 g/mol. The Morgan fingerprint density at radius 1 is 1.16 bits per heavy atom. The Bertz CT molecular complexity index is 649. The molecule has 0 unspecified atom stereocenters. The Morgan fingerprint density at radius 2 is 1.84 bits per heavy atom. The fourth-order valence-electron chi connectivity index (χ4n) is 2.38. The zero-order valence-electron chi connectivity index (χ0n) is 10.7. The van der Waals surface area contributed by atoms with Gasteiger partial charge in [0, 0.05) is 16.8 Å². The maximum Gasteiger partial charge on any atom is 0.242 e. The van der Waals surface area contributed by atoms with Gasteiger partial charge in [-0.25, -0.2) is 4.98 Å². The van der Waals surface area contributed by atoms with Crippen molar-refractivity contribution in [2.45, 2.75) is 19.3 Å². The predicted octanol–water partition coefficient (Wildman–Crippen LogP) is 3.69. The lowest BCUT2D eigenvalue weighted by atomic mass is 9.87. The van der Waals surface area contributed by atoms with Gasteiger partial charge < -0.3 is 0 Å².